The molecule has 2 aromatic heterocycles. The number of benzene rings is 1. The molecule has 5 rings (SSSR count). The number of pyridine rings is 1. The Labute approximate surface area is 157 Å². The molecule has 0 saturated carbocycles. The number of nitrogens with zero attached hydrogens (tertiary/aromatic N) is 1. The van der Waals surface area contributed by atoms with Gasteiger partial charge in [-0.15, -0.1) is 11.3 Å². The van der Waals surface area contributed by atoms with E-state index in [1.54, 1.807) is 22.3 Å². The summed E-state index contributed by atoms with van der Waals surface area (Å²) in [6.45, 7) is 4.25. The minimum absolute atomic E-state index is 0.168. The van der Waals surface area contributed by atoms with Gasteiger partial charge >= 0.3 is 0 Å². The van der Waals surface area contributed by atoms with Crippen LogP contribution in [0, 0.1) is 5.92 Å². The number of fused-ring (bicyclic) bond motifs is 4. The number of hydrogen-bond acceptors (Lipinski definition) is 2. The SMILES string of the molecule is O=c1ccc(-c2cccs2)c2n1C[C@H]1C[C@@H]2C[NH+](Cc2ccccc2)C1. The first-order chi connectivity index (χ1) is 12.8. The Kier molecular flexibility index (Phi) is 4.03. The number of piperidine rings is 1. The van der Waals surface area contributed by atoms with Gasteiger partial charge in [0.15, 0.2) is 0 Å². The van der Waals surface area contributed by atoms with Crippen LogP contribution in [0.25, 0.3) is 10.4 Å². The Balaban J connectivity index is 1.51. The van der Waals surface area contributed by atoms with E-state index in [0.29, 0.717) is 11.8 Å². The molecule has 1 fully saturated rings. The van der Waals surface area contributed by atoms with Crippen LogP contribution in [0.1, 0.15) is 23.6 Å². The molecular weight excluding hydrogens is 340 g/mol. The minimum Gasteiger partial charge on any atom is -0.330 e. The van der Waals surface area contributed by atoms with Crippen molar-refractivity contribution in [3.8, 4) is 10.4 Å². The molecule has 3 nitrogen and oxygen atoms in total. The third kappa shape index (κ3) is 2.83. The highest BCUT2D eigenvalue weighted by Gasteiger charge is 2.38. The normalized spacial score (nSPS) is 24.2. The molecule has 4 heteroatoms. The van der Waals surface area contributed by atoms with E-state index < -0.39 is 0 Å². The summed E-state index contributed by atoms with van der Waals surface area (Å²) < 4.78 is 2.08. The van der Waals surface area contributed by atoms with Gasteiger partial charge in [0.05, 0.1) is 13.1 Å². The number of nitrogens with one attached hydrogen (secondary N) is 1. The van der Waals surface area contributed by atoms with Crippen molar-refractivity contribution in [3.05, 3.63) is 81.6 Å². The third-order valence-corrected chi connectivity index (χ3v) is 6.77. The first-order valence-corrected chi connectivity index (χ1v) is 10.3. The third-order valence-electron chi connectivity index (χ3n) is 5.87. The van der Waals surface area contributed by atoms with Crippen molar-refractivity contribution in [2.75, 3.05) is 13.1 Å². The van der Waals surface area contributed by atoms with Crippen LogP contribution >= 0.6 is 11.3 Å². The fourth-order valence-electron chi connectivity index (χ4n) is 4.91. The Morgan fingerprint density at radius 1 is 1.04 bits per heavy atom. The van der Waals surface area contributed by atoms with Crippen molar-refractivity contribution in [1.82, 2.24) is 4.57 Å². The van der Waals surface area contributed by atoms with E-state index >= 15 is 0 Å². The van der Waals surface area contributed by atoms with E-state index in [0.717, 1.165) is 19.6 Å². The Bertz CT molecular complexity index is 962. The molecule has 132 valence electrons. The molecule has 1 saturated heterocycles. The molecule has 3 atom stereocenters. The van der Waals surface area contributed by atoms with Gasteiger partial charge in [-0.1, -0.05) is 36.4 Å². The van der Waals surface area contributed by atoms with E-state index in [-0.39, 0.29) is 5.56 Å². The molecule has 3 aromatic rings. The lowest BCUT2D eigenvalue weighted by Gasteiger charge is -2.41. The van der Waals surface area contributed by atoms with E-state index in [9.17, 15) is 4.79 Å². The van der Waals surface area contributed by atoms with Crippen LogP contribution in [-0.2, 0) is 13.1 Å². The lowest BCUT2D eigenvalue weighted by molar-refractivity contribution is -0.924. The highest BCUT2D eigenvalue weighted by Crippen LogP contribution is 2.38. The molecule has 2 aliphatic rings. The first kappa shape index (κ1) is 16.0. The second-order valence-electron chi connectivity index (χ2n) is 7.68. The van der Waals surface area contributed by atoms with Crippen LogP contribution in [0.3, 0.4) is 0 Å². The van der Waals surface area contributed by atoms with E-state index in [1.165, 1.54) is 34.7 Å². The summed E-state index contributed by atoms with van der Waals surface area (Å²) in [5.41, 5.74) is 4.12. The molecule has 4 heterocycles. The van der Waals surface area contributed by atoms with Crippen molar-refractivity contribution in [3.63, 3.8) is 0 Å². The van der Waals surface area contributed by atoms with Crippen LogP contribution in [0.5, 0.6) is 0 Å². The number of quaternary nitrogens is 1. The monoisotopic (exact) mass is 363 g/mol. The minimum atomic E-state index is 0.168. The summed E-state index contributed by atoms with van der Waals surface area (Å²) in [5, 5.41) is 2.12. The van der Waals surface area contributed by atoms with Gasteiger partial charge < -0.3 is 9.47 Å². The Morgan fingerprint density at radius 3 is 2.73 bits per heavy atom. The van der Waals surface area contributed by atoms with Crippen LogP contribution in [0.2, 0.25) is 0 Å². The number of thiophene rings is 1. The molecule has 26 heavy (non-hydrogen) atoms. The quantitative estimate of drug-likeness (QED) is 0.761. The molecule has 0 amide bonds. The van der Waals surface area contributed by atoms with Crippen molar-refractivity contribution in [2.24, 2.45) is 5.92 Å². The van der Waals surface area contributed by atoms with Gasteiger partial charge in [-0.05, 0) is 23.9 Å². The first-order valence-electron chi connectivity index (χ1n) is 9.43. The molecule has 0 radical (unpaired) electrons. The average Bonchev–Trinajstić information content (AvgIpc) is 3.18. The van der Waals surface area contributed by atoms with Crippen LogP contribution < -0.4 is 10.5 Å². The lowest BCUT2D eigenvalue weighted by Crippen LogP contribution is -3.13. The van der Waals surface area contributed by atoms with Crippen molar-refractivity contribution < 1.29 is 4.90 Å². The van der Waals surface area contributed by atoms with Crippen LogP contribution in [0.15, 0.2) is 64.8 Å². The smallest absolute Gasteiger partial charge is 0.250 e. The second-order valence-corrected chi connectivity index (χ2v) is 8.63. The fraction of sp³-hybridized carbons (Fsp3) is 0.318. The predicted molar refractivity (Wildman–Crippen MR) is 106 cm³/mol. The van der Waals surface area contributed by atoms with Crippen LogP contribution in [-0.4, -0.2) is 17.7 Å². The molecular formula is C22H23N2OS+. The molecule has 1 aromatic carbocycles. The number of rotatable bonds is 3. The maximum Gasteiger partial charge on any atom is 0.250 e. The van der Waals surface area contributed by atoms with E-state index in [1.807, 2.05) is 6.07 Å². The zero-order valence-corrected chi connectivity index (χ0v) is 15.5. The second kappa shape index (κ2) is 6.53. The van der Waals surface area contributed by atoms with Gasteiger partial charge in [0, 0.05) is 46.1 Å². The number of aromatic nitrogens is 1. The van der Waals surface area contributed by atoms with Crippen LogP contribution in [0.4, 0.5) is 0 Å². The van der Waals surface area contributed by atoms with Crippen molar-refractivity contribution >= 4 is 11.3 Å². The molecule has 1 N–H and O–H groups in total. The van der Waals surface area contributed by atoms with Gasteiger partial charge in [-0.3, -0.25) is 4.79 Å². The summed E-state index contributed by atoms with van der Waals surface area (Å²) in [4.78, 5) is 15.5. The van der Waals surface area contributed by atoms with Gasteiger partial charge in [0.2, 0.25) is 0 Å². The number of hydrogen-bond donors (Lipinski definition) is 1. The largest absolute Gasteiger partial charge is 0.330 e. The zero-order valence-electron chi connectivity index (χ0n) is 14.7. The maximum atomic E-state index is 12.5. The molecule has 0 aliphatic carbocycles. The van der Waals surface area contributed by atoms with Gasteiger partial charge in [0.25, 0.3) is 5.56 Å². The highest BCUT2D eigenvalue weighted by molar-refractivity contribution is 7.13. The summed E-state index contributed by atoms with van der Waals surface area (Å²) in [6.07, 6.45) is 1.22. The van der Waals surface area contributed by atoms with Gasteiger partial charge in [-0.2, -0.15) is 0 Å². The topological polar surface area (TPSA) is 26.4 Å². The fourth-order valence-corrected chi connectivity index (χ4v) is 5.67. The van der Waals surface area contributed by atoms with Gasteiger partial charge in [-0.25, -0.2) is 0 Å². The average molecular weight is 364 g/mol. The molecule has 0 spiro atoms. The summed E-state index contributed by atoms with van der Waals surface area (Å²) >= 11 is 1.77. The van der Waals surface area contributed by atoms with E-state index in [2.05, 4.69) is 52.4 Å². The summed E-state index contributed by atoms with van der Waals surface area (Å²) in [5.74, 6) is 1.09. The Hall–Kier alpha value is -2.17. The van der Waals surface area contributed by atoms with Gasteiger partial charge in [0.1, 0.15) is 6.54 Å². The standard InChI is InChI=1S/C22H22N2OS/c25-21-9-8-19(20-7-4-10-26-20)22-18-11-17(14-24(21)22)13-23(15-18)12-16-5-2-1-3-6-16/h1-10,17-18H,11-15H2/p+1/t17-,18+/m0/s1. The predicted octanol–water partition coefficient (Wildman–Crippen LogP) is 2.78. The zero-order chi connectivity index (χ0) is 17.5. The number of likely N-dealkylation sites (tertiary alicyclic amines) is 1. The Morgan fingerprint density at radius 2 is 1.92 bits per heavy atom. The summed E-state index contributed by atoms with van der Waals surface area (Å²) in [6, 6.07) is 18.9. The molecule has 1 unspecified atom stereocenters. The van der Waals surface area contributed by atoms with Crippen molar-refractivity contribution in [2.45, 2.75) is 25.4 Å². The highest BCUT2D eigenvalue weighted by atomic mass is 32.1. The lowest BCUT2D eigenvalue weighted by atomic mass is 9.81. The maximum absolute atomic E-state index is 12.5. The van der Waals surface area contributed by atoms with Crippen molar-refractivity contribution in [1.29, 1.82) is 0 Å². The summed E-state index contributed by atoms with van der Waals surface area (Å²) in [7, 11) is 0. The molecule has 2 aliphatic heterocycles. The van der Waals surface area contributed by atoms with E-state index in [4.69, 9.17) is 0 Å². The molecule has 2 bridgehead atoms.